The maximum absolute atomic E-state index is 13.0. The van der Waals surface area contributed by atoms with E-state index in [2.05, 4.69) is 0 Å². The second-order valence-corrected chi connectivity index (χ2v) is 7.57. The number of hydrogen-bond acceptors (Lipinski definition) is 2. The zero-order valence-corrected chi connectivity index (χ0v) is 16.3. The highest BCUT2D eigenvalue weighted by Crippen LogP contribution is 2.30. The standard InChI is InChI=1S/C23H21F3N2O2/c24-23(25,26)17-8-6-7-16(13-17)14-28-15-19(18-9-2-3-10-20(18)28)21(29)22(30)27-11-4-1-5-12-27/h2-3,6-10,13,15H,1,4-5,11-12,14H2. The van der Waals surface area contributed by atoms with Crippen molar-refractivity contribution in [2.24, 2.45) is 0 Å². The number of piperidine rings is 1. The Labute approximate surface area is 171 Å². The number of ketones is 1. The molecule has 0 saturated carbocycles. The number of carbonyl (C=O) groups excluding carboxylic acids is 2. The van der Waals surface area contributed by atoms with Crippen molar-refractivity contribution in [3.05, 3.63) is 71.4 Å². The van der Waals surface area contributed by atoms with Crippen LogP contribution in [0.25, 0.3) is 10.9 Å². The Hall–Kier alpha value is -3.09. The summed E-state index contributed by atoms with van der Waals surface area (Å²) in [5.74, 6) is -1.09. The molecule has 1 saturated heterocycles. The average Bonchev–Trinajstić information content (AvgIpc) is 3.11. The number of nitrogens with zero attached hydrogens (tertiary/aromatic N) is 2. The molecule has 0 spiro atoms. The summed E-state index contributed by atoms with van der Waals surface area (Å²) in [6.07, 6.45) is -0.0211. The van der Waals surface area contributed by atoms with Crippen molar-refractivity contribution in [2.75, 3.05) is 13.1 Å². The minimum absolute atomic E-state index is 0.162. The Kier molecular flexibility index (Phi) is 5.37. The second-order valence-electron chi connectivity index (χ2n) is 7.57. The molecule has 1 aliphatic rings. The van der Waals surface area contributed by atoms with Gasteiger partial charge in [-0.3, -0.25) is 9.59 Å². The molecule has 2 heterocycles. The number of hydrogen-bond donors (Lipinski definition) is 0. The predicted molar refractivity (Wildman–Crippen MR) is 107 cm³/mol. The van der Waals surface area contributed by atoms with Gasteiger partial charge in [-0.1, -0.05) is 30.3 Å². The first kappa shape index (κ1) is 20.2. The van der Waals surface area contributed by atoms with Gasteiger partial charge in [-0.2, -0.15) is 13.2 Å². The number of Topliss-reactive ketones (excluding diaryl/α,β-unsaturated/α-hetero) is 1. The summed E-state index contributed by atoms with van der Waals surface area (Å²) in [4.78, 5) is 27.3. The van der Waals surface area contributed by atoms with Gasteiger partial charge in [-0.05, 0) is 43.0 Å². The maximum atomic E-state index is 13.0. The number of aromatic nitrogens is 1. The normalized spacial score (nSPS) is 14.8. The first-order valence-corrected chi connectivity index (χ1v) is 9.92. The van der Waals surface area contributed by atoms with Gasteiger partial charge in [0.25, 0.3) is 11.7 Å². The van der Waals surface area contributed by atoms with Crippen LogP contribution in [0.5, 0.6) is 0 Å². The lowest BCUT2D eigenvalue weighted by molar-refractivity contribution is -0.137. The van der Waals surface area contributed by atoms with E-state index in [1.54, 1.807) is 46.0 Å². The van der Waals surface area contributed by atoms with Crippen LogP contribution in [0.4, 0.5) is 13.2 Å². The van der Waals surface area contributed by atoms with E-state index in [0.717, 1.165) is 31.4 Å². The third kappa shape index (κ3) is 3.97. The van der Waals surface area contributed by atoms with Crippen molar-refractivity contribution in [3.63, 3.8) is 0 Å². The van der Waals surface area contributed by atoms with Crippen LogP contribution in [0.1, 0.15) is 40.7 Å². The second kappa shape index (κ2) is 7.97. The molecule has 3 aromatic rings. The van der Waals surface area contributed by atoms with Crippen LogP contribution < -0.4 is 0 Å². The van der Waals surface area contributed by atoms with Gasteiger partial charge in [0.05, 0.1) is 11.1 Å². The predicted octanol–water partition coefficient (Wildman–Crippen LogP) is 4.90. The summed E-state index contributed by atoms with van der Waals surface area (Å²) in [6.45, 7) is 1.32. The van der Waals surface area contributed by atoms with Gasteiger partial charge >= 0.3 is 6.18 Å². The fourth-order valence-electron chi connectivity index (χ4n) is 3.96. The summed E-state index contributed by atoms with van der Waals surface area (Å²) >= 11 is 0. The number of likely N-dealkylation sites (tertiary alicyclic amines) is 1. The van der Waals surface area contributed by atoms with Crippen LogP contribution in [0.3, 0.4) is 0 Å². The lowest BCUT2D eigenvalue weighted by Gasteiger charge is -2.25. The lowest BCUT2D eigenvalue weighted by Crippen LogP contribution is -2.40. The molecule has 7 heteroatoms. The fraction of sp³-hybridized carbons (Fsp3) is 0.304. The Morgan fingerprint density at radius 3 is 2.40 bits per heavy atom. The average molecular weight is 414 g/mol. The van der Waals surface area contributed by atoms with E-state index in [0.29, 0.717) is 29.6 Å². The van der Waals surface area contributed by atoms with Gasteiger partial charge in [0.15, 0.2) is 0 Å². The summed E-state index contributed by atoms with van der Waals surface area (Å²) in [7, 11) is 0. The SMILES string of the molecule is O=C(C(=O)N1CCCCC1)c1cn(Cc2cccc(C(F)(F)F)c2)c2ccccc12. The number of halogens is 3. The molecule has 4 nitrogen and oxygen atoms in total. The summed E-state index contributed by atoms with van der Waals surface area (Å²) in [5.41, 5.74) is 0.734. The van der Waals surface area contributed by atoms with Crippen molar-refractivity contribution >= 4 is 22.6 Å². The summed E-state index contributed by atoms with van der Waals surface area (Å²) in [5, 5.41) is 0.625. The molecule has 0 radical (unpaired) electrons. The number of alkyl halides is 3. The van der Waals surface area contributed by atoms with E-state index >= 15 is 0 Å². The zero-order chi connectivity index (χ0) is 21.3. The molecule has 0 N–H and O–H groups in total. The molecular weight excluding hydrogens is 393 g/mol. The lowest BCUT2D eigenvalue weighted by atomic mass is 10.1. The van der Waals surface area contributed by atoms with E-state index in [9.17, 15) is 22.8 Å². The molecule has 30 heavy (non-hydrogen) atoms. The van der Waals surface area contributed by atoms with Crippen LogP contribution in [0.2, 0.25) is 0 Å². The number of rotatable bonds is 4. The van der Waals surface area contributed by atoms with Crippen molar-refractivity contribution in [1.29, 1.82) is 0 Å². The molecule has 1 amide bonds. The molecule has 0 aliphatic carbocycles. The molecule has 1 fully saturated rings. The van der Waals surface area contributed by atoms with Crippen molar-refractivity contribution in [1.82, 2.24) is 9.47 Å². The molecule has 1 aromatic heterocycles. The van der Waals surface area contributed by atoms with E-state index in [-0.39, 0.29) is 12.1 Å². The molecule has 0 bridgehead atoms. The highest BCUT2D eigenvalue weighted by molar-refractivity contribution is 6.44. The molecule has 0 unspecified atom stereocenters. The maximum Gasteiger partial charge on any atom is 0.416 e. The first-order chi connectivity index (χ1) is 14.3. The number of benzene rings is 2. The highest BCUT2D eigenvalue weighted by Gasteiger charge is 2.30. The van der Waals surface area contributed by atoms with E-state index in [1.807, 2.05) is 0 Å². The fourth-order valence-corrected chi connectivity index (χ4v) is 3.96. The van der Waals surface area contributed by atoms with Gasteiger partial charge in [-0.25, -0.2) is 0 Å². The molecule has 2 aromatic carbocycles. The Bertz CT molecular complexity index is 1100. The smallest absolute Gasteiger partial charge is 0.342 e. The molecule has 0 atom stereocenters. The van der Waals surface area contributed by atoms with Crippen LogP contribution in [-0.4, -0.2) is 34.2 Å². The Morgan fingerprint density at radius 1 is 0.933 bits per heavy atom. The van der Waals surface area contributed by atoms with Crippen molar-refractivity contribution < 1.29 is 22.8 Å². The topological polar surface area (TPSA) is 42.3 Å². The minimum Gasteiger partial charge on any atom is -0.342 e. The highest BCUT2D eigenvalue weighted by atomic mass is 19.4. The van der Waals surface area contributed by atoms with E-state index in [1.165, 1.54) is 6.07 Å². The third-order valence-electron chi connectivity index (χ3n) is 5.48. The largest absolute Gasteiger partial charge is 0.416 e. The monoisotopic (exact) mass is 414 g/mol. The van der Waals surface area contributed by atoms with Crippen LogP contribution in [0, 0.1) is 0 Å². The first-order valence-electron chi connectivity index (χ1n) is 9.92. The molecular formula is C23H21F3N2O2. The quantitative estimate of drug-likeness (QED) is 0.450. The Morgan fingerprint density at radius 2 is 1.67 bits per heavy atom. The zero-order valence-electron chi connectivity index (χ0n) is 16.3. The summed E-state index contributed by atoms with van der Waals surface area (Å²) < 4.78 is 40.8. The van der Waals surface area contributed by atoms with Gasteiger partial charge in [-0.15, -0.1) is 0 Å². The minimum atomic E-state index is -4.42. The van der Waals surface area contributed by atoms with Crippen molar-refractivity contribution in [3.8, 4) is 0 Å². The number of carbonyl (C=O) groups is 2. The van der Waals surface area contributed by atoms with Crippen molar-refractivity contribution in [2.45, 2.75) is 32.0 Å². The van der Waals surface area contributed by atoms with Gasteiger partial charge in [0, 0.05) is 36.7 Å². The number of para-hydroxylation sites is 1. The van der Waals surface area contributed by atoms with E-state index < -0.39 is 23.4 Å². The number of amides is 1. The molecule has 1 aliphatic heterocycles. The molecule has 156 valence electrons. The molecule has 4 rings (SSSR count). The van der Waals surface area contributed by atoms with Crippen LogP contribution in [0.15, 0.2) is 54.7 Å². The number of fused-ring (bicyclic) bond motifs is 1. The van der Waals surface area contributed by atoms with Crippen LogP contribution in [-0.2, 0) is 17.5 Å². The summed E-state index contributed by atoms with van der Waals surface area (Å²) in [6, 6.07) is 12.3. The van der Waals surface area contributed by atoms with Gasteiger partial charge in [0.2, 0.25) is 0 Å². The van der Waals surface area contributed by atoms with Gasteiger partial charge < -0.3 is 9.47 Å². The van der Waals surface area contributed by atoms with E-state index in [4.69, 9.17) is 0 Å². The van der Waals surface area contributed by atoms with Crippen LogP contribution >= 0.6 is 0 Å². The van der Waals surface area contributed by atoms with Gasteiger partial charge in [0.1, 0.15) is 0 Å². The Balaban J connectivity index is 1.68. The third-order valence-corrected chi connectivity index (χ3v) is 5.48.